The molecule has 1 aromatic carbocycles. The molecule has 0 aliphatic heterocycles. The molecule has 1 rings (SSSR count). The van der Waals surface area contributed by atoms with Crippen molar-refractivity contribution in [1.29, 1.82) is 0 Å². The Bertz CT molecular complexity index is 333. The minimum Gasteiger partial charge on any atom is -0.319 e. The summed E-state index contributed by atoms with van der Waals surface area (Å²) in [6.45, 7) is 0.515. The zero-order valence-corrected chi connectivity index (χ0v) is 8.16. The minimum atomic E-state index is -4.49. The number of halogens is 4. The lowest BCUT2D eigenvalue weighted by Gasteiger charge is -2.09. The Kier molecular flexibility index (Phi) is 3.68. The third-order valence-electron chi connectivity index (χ3n) is 1.95. The average molecular weight is 221 g/mol. The van der Waals surface area contributed by atoms with Crippen molar-refractivity contribution < 1.29 is 17.6 Å². The zero-order valence-electron chi connectivity index (χ0n) is 8.16. The quantitative estimate of drug-likeness (QED) is 0.773. The van der Waals surface area contributed by atoms with Crippen LogP contribution in [0.1, 0.15) is 11.1 Å². The van der Waals surface area contributed by atoms with Crippen LogP contribution in [0.5, 0.6) is 0 Å². The highest BCUT2D eigenvalue weighted by atomic mass is 19.4. The van der Waals surface area contributed by atoms with Gasteiger partial charge in [-0.3, -0.25) is 0 Å². The Morgan fingerprint density at radius 2 is 1.87 bits per heavy atom. The van der Waals surface area contributed by atoms with Gasteiger partial charge in [-0.2, -0.15) is 13.2 Å². The molecule has 1 aromatic rings. The van der Waals surface area contributed by atoms with Crippen LogP contribution in [0.2, 0.25) is 0 Å². The topological polar surface area (TPSA) is 12.0 Å². The van der Waals surface area contributed by atoms with E-state index < -0.39 is 17.6 Å². The fourth-order valence-electron chi connectivity index (χ4n) is 1.23. The highest BCUT2D eigenvalue weighted by Gasteiger charge is 2.31. The van der Waals surface area contributed by atoms with Gasteiger partial charge in [0.1, 0.15) is 5.82 Å². The molecule has 1 nitrogen and oxygen atoms in total. The predicted molar refractivity (Wildman–Crippen MR) is 49.0 cm³/mol. The van der Waals surface area contributed by atoms with Crippen molar-refractivity contribution in [3.8, 4) is 0 Å². The molecule has 0 bridgehead atoms. The van der Waals surface area contributed by atoms with Crippen molar-refractivity contribution in [2.45, 2.75) is 12.6 Å². The van der Waals surface area contributed by atoms with Gasteiger partial charge in [0.25, 0.3) is 0 Å². The molecule has 0 unspecified atom stereocenters. The third-order valence-corrected chi connectivity index (χ3v) is 1.95. The van der Waals surface area contributed by atoms with Crippen molar-refractivity contribution in [3.63, 3.8) is 0 Å². The van der Waals surface area contributed by atoms with Gasteiger partial charge in [-0.25, -0.2) is 4.39 Å². The van der Waals surface area contributed by atoms with Crippen molar-refractivity contribution in [1.82, 2.24) is 5.32 Å². The predicted octanol–water partition coefficient (Wildman–Crippen LogP) is 2.61. The summed E-state index contributed by atoms with van der Waals surface area (Å²) in [6.07, 6.45) is -4.12. The molecule has 0 saturated carbocycles. The van der Waals surface area contributed by atoms with Gasteiger partial charge in [-0.15, -0.1) is 0 Å². The fourth-order valence-corrected chi connectivity index (χ4v) is 1.23. The van der Waals surface area contributed by atoms with Crippen molar-refractivity contribution in [3.05, 3.63) is 35.1 Å². The lowest BCUT2D eigenvalue weighted by Crippen LogP contribution is -2.12. The van der Waals surface area contributed by atoms with E-state index in [9.17, 15) is 17.6 Å². The molecule has 0 saturated heterocycles. The maximum Gasteiger partial charge on any atom is 0.416 e. The number of benzene rings is 1. The molecular formula is C10H11F4N. The van der Waals surface area contributed by atoms with Crippen LogP contribution >= 0.6 is 0 Å². The van der Waals surface area contributed by atoms with Gasteiger partial charge in [-0.1, -0.05) is 0 Å². The van der Waals surface area contributed by atoms with Crippen molar-refractivity contribution in [2.24, 2.45) is 0 Å². The summed E-state index contributed by atoms with van der Waals surface area (Å²) < 4.78 is 49.7. The van der Waals surface area contributed by atoms with E-state index in [4.69, 9.17) is 0 Å². The molecule has 0 spiro atoms. The van der Waals surface area contributed by atoms with Gasteiger partial charge < -0.3 is 5.32 Å². The third kappa shape index (κ3) is 3.51. The molecule has 84 valence electrons. The maximum atomic E-state index is 12.9. The number of alkyl halides is 3. The number of nitrogens with one attached hydrogen (secondary N) is 1. The van der Waals surface area contributed by atoms with E-state index in [0.717, 1.165) is 12.1 Å². The molecule has 15 heavy (non-hydrogen) atoms. The van der Waals surface area contributed by atoms with Crippen LogP contribution < -0.4 is 5.32 Å². The summed E-state index contributed by atoms with van der Waals surface area (Å²) in [7, 11) is 1.68. The normalized spacial score (nSPS) is 11.8. The van der Waals surface area contributed by atoms with E-state index >= 15 is 0 Å². The van der Waals surface area contributed by atoms with E-state index in [-0.39, 0.29) is 0 Å². The summed E-state index contributed by atoms with van der Waals surface area (Å²) in [4.78, 5) is 0. The standard InChI is InChI=1S/C10H11F4N/c1-15-3-2-7-4-8(10(12,13)14)6-9(11)5-7/h4-6,15H,2-3H2,1H3. The summed E-state index contributed by atoms with van der Waals surface area (Å²) in [5.74, 6) is -0.851. The summed E-state index contributed by atoms with van der Waals surface area (Å²) in [5.41, 5.74) is -0.592. The number of rotatable bonds is 3. The van der Waals surface area contributed by atoms with Crippen molar-refractivity contribution in [2.75, 3.05) is 13.6 Å². The van der Waals surface area contributed by atoms with Gasteiger partial charge in [-0.05, 0) is 43.8 Å². The highest BCUT2D eigenvalue weighted by molar-refractivity contribution is 5.27. The molecule has 0 aliphatic carbocycles. The van der Waals surface area contributed by atoms with Gasteiger partial charge in [0.2, 0.25) is 0 Å². The molecular weight excluding hydrogens is 210 g/mol. The Morgan fingerprint density at radius 3 is 2.40 bits per heavy atom. The monoisotopic (exact) mass is 221 g/mol. The van der Waals surface area contributed by atoms with Crippen molar-refractivity contribution >= 4 is 0 Å². The van der Waals surface area contributed by atoms with Gasteiger partial charge >= 0.3 is 6.18 Å². The van der Waals surface area contributed by atoms with Gasteiger partial charge in [0.05, 0.1) is 5.56 Å². The first-order valence-electron chi connectivity index (χ1n) is 4.45. The maximum absolute atomic E-state index is 12.9. The smallest absolute Gasteiger partial charge is 0.319 e. The zero-order chi connectivity index (χ0) is 11.5. The summed E-state index contributed by atoms with van der Waals surface area (Å²) >= 11 is 0. The lowest BCUT2D eigenvalue weighted by atomic mass is 10.1. The first-order chi connectivity index (χ1) is 6.93. The van der Waals surface area contributed by atoms with Crippen LogP contribution in [-0.4, -0.2) is 13.6 Å². The first kappa shape index (κ1) is 12.0. The van der Waals surface area contributed by atoms with Gasteiger partial charge in [0, 0.05) is 0 Å². The molecule has 0 aliphatic rings. The van der Waals surface area contributed by atoms with Crippen LogP contribution in [0.4, 0.5) is 17.6 Å². The molecule has 5 heteroatoms. The van der Waals surface area contributed by atoms with Gasteiger partial charge in [0.15, 0.2) is 0 Å². The summed E-state index contributed by atoms with van der Waals surface area (Å²) in [5, 5.41) is 2.79. The lowest BCUT2D eigenvalue weighted by molar-refractivity contribution is -0.137. The van der Waals surface area contributed by atoms with Crippen LogP contribution in [0, 0.1) is 5.82 Å². The van der Waals surface area contributed by atoms with E-state index in [1.165, 1.54) is 0 Å². The van der Waals surface area contributed by atoms with E-state index in [2.05, 4.69) is 5.32 Å². The molecule has 1 N–H and O–H groups in total. The second kappa shape index (κ2) is 4.61. The van der Waals surface area contributed by atoms with Crippen LogP contribution in [0.3, 0.4) is 0 Å². The van der Waals surface area contributed by atoms with Crippen LogP contribution in [0.15, 0.2) is 18.2 Å². The Labute approximate surface area is 85.1 Å². The largest absolute Gasteiger partial charge is 0.416 e. The Morgan fingerprint density at radius 1 is 1.20 bits per heavy atom. The molecule has 0 radical (unpaired) electrons. The Balaban J connectivity index is 2.95. The van der Waals surface area contributed by atoms with E-state index in [0.29, 0.717) is 24.6 Å². The van der Waals surface area contributed by atoms with Crippen LogP contribution in [0.25, 0.3) is 0 Å². The first-order valence-corrected chi connectivity index (χ1v) is 4.45. The number of hydrogen-bond donors (Lipinski definition) is 1. The SMILES string of the molecule is CNCCc1cc(F)cc(C(F)(F)F)c1. The molecule has 0 heterocycles. The molecule has 0 aromatic heterocycles. The Hall–Kier alpha value is -1.10. The molecule has 0 amide bonds. The second-order valence-electron chi connectivity index (χ2n) is 3.20. The van der Waals surface area contributed by atoms with E-state index in [1.807, 2.05) is 0 Å². The average Bonchev–Trinajstić information content (AvgIpc) is 2.12. The number of hydrogen-bond acceptors (Lipinski definition) is 1. The summed E-state index contributed by atoms with van der Waals surface area (Å²) in [6, 6.07) is 2.59. The molecule has 0 atom stereocenters. The second-order valence-corrected chi connectivity index (χ2v) is 3.20. The van der Waals surface area contributed by atoms with E-state index in [1.54, 1.807) is 7.05 Å². The minimum absolute atomic E-state index is 0.344. The van der Waals surface area contributed by atoms with Crippen LogP contribution in [-0.2, 0) is 12.6 Å². The fraction of sp³-hybridized carbons (Fsp3) is 0.400. The molecule has 0 fully saturated rings. The highest BCUT2D eigenvalue weighted by Crippen LogP contribution is 2.30. The number of likely N-dealkylation sites (N-methyl/N-ethyl adjacent to an activating group) is 1.